The van der Waals surface area contributed by atoms with Gasteiger partial charge in [0.2, 0.25) is 11.6 Å². The molecule has 0 bridgehead atoms. The number of methoxy groups -OCH3 is 1. The molecule has 0 aliphatic heterocycles. The molecule has 0 saturated heterocycles. The van der Waals surface area contributed by atoms with E-state index in [1.807, 2.05) is 0 Å². The first kappa shape index (κ1) is 25.3. The van der Waals surface area contributed by atoms with E-state index in [4.69, 9.17) is 4.74 Å². The lowest BCUT2D eigenvalue weighted by atomic mass is 9.68. The van der Waals surface area contributed by atoms with Crippen molar-refractivity contribution in [2.75, 3.05) is 7.11 Å². The average molecular weight is 539 g/mol. The van der Waals surface area contributed by atoms with Gasteiger partial charge in [0.25, 0.3) is 0 Å². The number of hydrogen-bond acceptors (Lipinski definition) is 9. The summed E-state index contributed by atoms with van der Waals surface area (Å²) >= 11 is 0. The molecule has 40 heavy (non-hydrogen) atoms. The summed E-state index contributed by atoms with van der Waals surface area (Å²) in [4.78, 5) is 40.7. The van der Waals surface area contributed by atoms with Crippen LogP contribution in [0.3, 0.4) is 0 Å². The van der Waals surface area contributed by atoms with Crippen molar-refractivity contribution in [3.63, 3.8) is 0 Å². The molecule has 9 nitrogen and oxygen atoms in total. The third-order valence-electron chi connectivity index (χ3n) is 7.68. The fraction of sp³-hybridized carbons (Fsp3) is 0.129. The molecule has 200 valence electrons. The molecule has 0 heterocycles. The first-order chi connectivity index (χ1) is 19.1. The second-order valence-electron chi connectivity index (χ2n) is 9.86. The Kier molecular flexibility index (Phi) is 5.38. The molecule has 6 rings (SSSR count). The van der Waals surface area contributed by atoms with E-state index in [2.05, 4.69) is 0 Å². The zero-order valence-corrected chi connectivity index (χ0v) is 21.3. The molecule has 2 aliphatic carbocycles. The summed E-state index contributed by atoms with van der Waals surface area (Å²) in [6.45, 7) is 1.17. The van der Waals surface area contributed by atoms with Crippen LogP contribution in [0.15, 0.2) is 54.6 Å². The maximum absolute atomic E-state index is 13.7. The summed E-state index contributed by atoms with van der Waals surface area (Å²) in [5, 5.41) is 53.8. The minimum absolute atomic E-state index is 0.00462. The minimum Gasteiger partial charge on any atom is -0.507 e. The van der Waals surface area contributed by atoms with E-state index < -0.39 is 52.6 Å². The predicted octanol–water partition coefficient (Wildman–Crippen LogP) is 3.57. The largest absolute Gasteiger partial charge is 0.507 e. The van der Waals surface area contributed by atoms with Crippen molar-refractivity contribution < 1.29 is 44.7 Å². The van der Waals surface area contributed by atoms with Gasteiger partial charge in [-0.3, -0.25) is 14.4 Å². The van der Waals surface area contributed by atoms with Crippen molar-refractivity contribution >= 4 is 17.3 Å². The number of benzene rings is 4. The molecule has 0 aromatic heterocycles. The Morgan fingerprint density at radius 3 is 2.05 bits per heavy atom. The van der Waals surface area contributed by atoms with Crippen LogP contribution in [-0.4, -0.2) is 50.0 Å². The summed E-state index contributed by atoms with van der Waals surface area (Å²) in [6, 6.07) is 12.4. The lowest BCUT2D eigenvalue weighted by Crippen LogP contribution is -2.39. The minimum atomic E-state index is -1.89. The molecule has 1 atom stereocenters. The highest BCUT2D eigenvalue weighted by Gasteiger charge is 2.50. The van der Waals surface area contributed by atoms with Crippen LogP contribution in [0.25, 0.3) is 0 Å². The van der Waals surface area contributed by atoms with E-state index in [1.165, 1.54) is 61.7 Å². The van der Waals surface area contributed by atoms with Crippen LogP contribution in [0.2, 0.25) is 0 Å². The van der Waals surface area contributed by atoms with Gasteiger partial charge in [0, 0.05) is 34.9 Å². The van der Waals surface area contributed by atoms with E-state index in [0.717, 1.165) is 0 Å². The van der Waals surface area contributed by atoms with Crippen LogP contribution in [-0.2, 0) is 16.9 Å². The Morgan fingerprint density at radius 1 is 0.675 bits per heavy atom. The van der Waals surface area contributed by atoms with Crippen LogP contribution in [0, 0.1) is 6.92 Å². The molecule has 4 aromatic carbocycles. The molecule has 0 amide bonds. The number of carbonyl (C=O) groups excluding carboxylic acids is 3. The Hall–Kier alpha value is -4.99. The Bertz CT molecular complexity index is 1840. The first-order valence-corrected chi connectivity index (χ1v) is 12.3. The van der Waals surface area contributed by atoms with Crippen LogP contribution < -0.4 is 0 Å². The molecule has 5 N–H and O–H groups in total. The monoisotopic (exact) mass is 538 g/mol. The average Bonchev–Trinajstić information content (AvgIpc) is 2.91. The van der Waals surface area contributed by atoms with Crippen molar-refractivity contribution in [2.45, 2.75) is 19.1 Å². The van der Waals surface area contributed by atoms with E-state index in [-0.39, 0.29) is 55.6 Å². The van der Waals surface area contributed by atoms with Crippen molar-refractivity contribution in [3.05, 3.63) is 116 Å². The fourth-order valence-corrected chi connectivity index (χ4v) is 6.00. The van der Waals surface area contributed by atoms with Crippen LogP contribution in [0.5, 0.6) is 23.0 Å². The maximum atomic E-state index is 13.7. The molecule has 2 aliphatic rings. The van der Waals surface area contributed by atoms with Gasteiger partial charge in [-0.1, -0.05) is 18.2 Å². The first-order valence-electron chi connectivity index (χ1n) is 12.3. The number of hydrogen-bond donors (Lipinski definition) is 5. The number of aliphatic hydroxyl groups is 1. The third-order valence-corrected chi connectivity index (χ3v) is 7.68. The number of phenols is 4. The van der Waals surface area contributed by atoms with Gasteiger partial charge in [-0.25, -0.2) is 0 Å². The summed E-state index contributed by atoms with van der Waals surface area (Å²) < 4.78 is 6.06. The smallest absolute Gasteiger partial charge is 0.201 e. The van der Waals surface area contributed by atoms with Crippen molar-refractivity contribution in [2.24, 2.45) is 0 Å². The number of aromatic hydroxyl groups is 4. The lowest BCUT2D eigenvalue weighted by molar-refractivity contribution is 0.0508. The van der Waals surface area contributed by atoms with Crippen LogP contribution >= 0.6 is 0 Å². The number of aliphatic hydroxyl groups excluding tert-OH is 1. The maximum Gasteiger partial charge on any atom is 0.201 e. The Balaban J connectivity index is 1.73. The third kappa shape index (κ3) is 3.07. The van der Waals surface area contributed by atoms with Gasteiger partial charge in [0.05, 0.1) is 28.9 Å². The van der Waals surface area contributed by atoms with Crippen LogP contribution in [0.1, 0.15) is 75.6 Å². The second-order valence-corrected chi connectivity index (χ2v) is 9.86. The summed E-state index contributed by atoms with van der Waals surface area (Å²) in [7, 11) is 1.28. The number of carbonyl (C=O) groups is 3. The molecule has 4 aromatic rings. The van der Waals surface area contributed by atoms with Gasteiger partial charge in [0.1, 0.15) is 28.6 Å². The SMILES string of the molecule is CO[C@@]1(c2ccc3c(c2O)C(=O)c2c(O)cc(C)cc2C3=O)c2cccc(O)c2C(=O)c2c(O)cc(CO)cc21. The highest BCUT2D eigenvalue weighted by molar-refractivity contribution is 6.30. The van der Waals surface area contributed by atoms with E-state index in [0.29, 0.717) is 5.56 Å². The van der Waals surface area contributed by atoms with Gasteiger partial charge in [-0.2, -0.15) is 0 Å². The number of ether oxygens (including phenoxy) is 1. The Morgan fingerprint density at radius 2 is 1.35 bits per heavy atom. The molecule has 9 heteroatoms. The number of phenolic OH excluding ortho intramolecular Hbond substituents is 4. The molecular weight excluding hydrogens is 516 g/mol. The molecule has 0 fully saturated rings. The highest BCUT2D eigenvalue weighted by Crippen LogP contribution is 2.54. The quantitative estimate of drug-likeness (QED) is 0.231. The summed E-state index contributed by atoms with van der Waals surface area (Å²) in [5.41, 5.74) is -2.14. The predicted molar refractivity (Wildman–Crippen MR) is 140 cm³/mol. The zero-order valence-electron chi connectivity index (χ0n) is 21.3. The molecular formula is C31H22O9. The van der Waals surface area contributed by atoms with Crippen molar-refractivity contribution in [3.8, 4) is 23.0 Å². The van der Waals surface area contributed by atoms with Gasteiger partial charge in [0.15, 0.2) is 5.78 Å². The van der Waals surface area contributed by atoms with E-state index >= 15 is 0 Å². The van der Waals surface area contributed by atoms with Crippen molar-refractivity contribution in [1.29, 1.82) is 0 Å². The Labute approximate surface area is 227 Å². The summed E-state index contributed by atoms with van der Waals surface area (Å²) in [6.07, 6.45) is 0. The summed E-state index contributed by atoms with van der Waals surface area (Å²) in [5.74, 6) is -4.02. The fourth-order valence-electron chi connectivity index (χ4n) is 6.00. The van der Waals surface area contributed by atoms with Gasteiger partial charge in [-0.15, -0.1) is 0 Å². The molecule has 0 saturated carbocycles. The number of aryl methyl sites for hydroxylation is 1. The van der Waals surface area contributed by atoms with Crippen molar-refractivity contribution in [1.82, 2.24) is 0 Å². The highest BCUT2D eigenvalue weighted by atomic mass is 16.5. The topological polar surface area (TPSA) is 162 Å². The van der Waals surface area contributed by atoms with Gasteiger partial charge < -0.3 is 30.3 Å². The number of ketones is 3. The number of rotatable bonds is 3. The van der Waals surface area contributed by atoms with Crippen LogP contribution in [0.4, 0.5) is 0 Å². The second kappa shape index (κ2) is 8.51. The molecule has 0 spiro atoms. The standard InChI is InChI=1S/C31H22O9/c1-13-8-16-23(21(34)9-13)29(38)24-15(27(16)36)6-7-18(28(24)37)31(40-2)17-4-3-5-20(33)25(17)30(39)26-19(31)10-14(12-32)11-22(26)35/h3-11,32-35,37H,12H2,1-2H3/t31-/m1/s1. The van der Waals surface area contributed by atoms with E-state index in [9.17, 15) is 39.9 Å². The lowest BCUT2D eigenvalue weighted by Gasteiger charge is -2.40. The van der Waals surface area contributed by atoms with Gasteiger partial charge in [-0.05, 0) is 54.4 Å². The molecule has 0 unspecified atom stereocenters. The normalized spacial score (nSPS) is 17.2. The van der Waals surface area contributed by atoms with Gasteiger partial charge >= 0.3 is 0 Å². The molecule has 0 radical (unpaired) electrons. The van der Waals surface area contributed by atoms with E-state index in [1.54, 1.807) is 6.92 Å². The number of fused-ring (bicyclic) bond motifs is 4. The zero-order chi connectivity index (χ0) is 28.7.